The minimum absolute atomic E-state index is 0.0714. The molecule has 7 nitrogen and oxygen atoms in total. The zero-order valence-electron chi connectivity index (χ0n) is 16.1. The third kappa shape index (κ3) is 4.32. The van der Waals surface area contributed by atoms with E-state index < -0.39 is 0 Å². The third-order valence-electron chi connectivity index (χ3n) is 4.70. The predicted molar refractivity (Wildman–Crippen MR) is 114 cm³/mol. The fourth-order valence-electron chi connectivity index (χ4n) is 3.33. The van der Waals surface area contributed by atoms with Gasteiger partial charge < -0.3 is 9.88 Å². The van der Waals surface area contributed by atoms with E-state index in [9.17, 15) is 4.79 Å². The van der Waals surface area contributed by atoms with Crippen LogP contribution >= 0.6 is 11.8 Å². The molecule has 2 aromatic carbocycles. The van der Waals surface area contributed by atoms with Crippen LogP contribution in [0.2, 0.25) is 0 Å². The molecule has 2 aromatic heterocycles. The first kappa shape index (κ1) is 19.2. The topological polar surface area (TPSA) is 88.5 Å². The zero-order chi connectivity index (χ0) is 20.1. The number of aromatic nitrogens is 5. The van der Waals surface area contributed by atoms with Gasteiger partial charge in [-0.15, -0.1) is 0 Å². The molecule has 2 heterocycles. The fraction of sp³-hybridized carbons (Fsp3) is 0.238. The Balaban J connectivity index is 1.40. The van der Waals surface area contributed by atoms with Crippen molar-refractivity contribution in [2.75, 3.05) is 6.54 Å². The number of benzene rings is 2. The second-order valence-electron chi connectivity index (χ2n) is 6.50. The molecular weight excluding hydrogens is 384 g/mol. The number of aryl methyl sites for hydroxylation is 1. The van der Waals surface area contributed by atoms with Crippen LogP contribution in [0.25, 0.3) is 11.0 Å². The zero-order valence-corrected chi connectivity index (χ0v) is 16.9. The Bertz CT molecular complexity index is 1110. The van der Waals surface area contributed by atoms with Crippen LogP contribution in [0, 0.1) is 0 Å². The Morgan fingerprint density at radius 2 is 2.00 bits per heavy atom. The van der Waals surface area contributed by atoms with Gasteiger partial charge in [-0.2, -0.15) is 5.10 Å². The van der Waals surface area contributed by atoms with Crippen molar-refractivity contribution in [1.82, 2.24) is 30.0 Å². The molecule has 0 fully saturated rings. The summed E-state index contributed by atoms with van der Waals surface area (Å²) in [5.41, 5.74) is 3.77. The number of carbonyl (C=O) groups excluding carboxylic acids is 1. The van der Waals surface area contributed by atoms with Crippen LogP contribution in [0.1, 0.15) is 28.7 Å². The number of hydrogen-bond donors (Lipinski definition) is 2. The highest BCUT2D eigenvalue weighted by atomic mass is 32.2. The van der Waals surface area contributed by atoms with Crippen molar-refractivity contribution >= 4 is 28.7 Å². The lowest BCUT2D eigenvalue weighted by molar-refractivity contribution is 0.0953. The van der Waals surface area contributed by atoms with E-state index in [1.165, 1.54) is 18.1 Å². The molecule has 2 N–H and O–H groups in total. The van der Waals surface area contributed by atoms with Gasteiger partial charge in [-0.3, -0.25) is 9.89 Å². The highest BCUT2D eigenvalue weighted by Crippen LogP contribution is 2.21. The van der Waals surface area contributed by atoms with Crippen LogP contribution in [-0.4, -0.2) is 37.2 Å². The van der Waals surface area contributed by atoms with Gasteiger partial charge in [0, 0.05) is 30.8 Å². The van der Waals surface area contributed by atoms with Gasteiger partial charge in [0.2, 0.25) is 0 Å². The summed E-state index contributed by atoms with van der Waals surface area (Å²) in [6.07, 6.45) is 2.16. The van der Waals surface area contributed by atoms with E-state index in [2.05, 4.69) is 38.1 Å². The molecule has 0 aliphatic heterocycles. The van der Waals surface area contributed by atoms with E-state index >= 15 is 0 Å². The molecule has 0 spiro atoms. The van der Waals surface area contributed by atoms with E-state index in [4.69, 9.17) is 4.98 Å². The molecule has 4 aromatic rings. The molecule has 0 atom stereocenters. The summed E-state index contributed by atoms with van der Waals surface area (Å²) in [5, 5.41) is 10.4. The number of thioether (sulfide) groups is 1. The van der Waals surface area contributed by atoms with Gasteiger partial charge in [-0.05, 0) is 30.7 Å². The van der Waals surface area contributed by atoms with Crippen molar-refractivity contribution in [3.8, 4) is 0 Å². The molecule has 0 aliphatic carbocycles. The van der Waals surface area contributed by atoms with Gasteiger partial charge >= 0.3 is 0 Å². The molecule has 8 heteroatoms. The Kier molecular flexibility index (Phi) is 5.90. The summed E-state index contributed by atoms with van der Waals surface area (Å²) < 4.78 is 2.20. The number of amides is 1. The van der Waals surface area contributed by atoms with Crippen molar-refractivity contribution < 1.29 is 4.79 Å². The summed E-state index contributed by atoms with van der Waals surface area (Å²) in [7, 11) is 0. The number of rotatable bonds is 8. The normalized spacial score (nSPS) is 11.1. The molecule has 0 aliphatic rings. The van der Waals surface area contributed by atoms with E-state index in [1.54, 1.807) is 0 Å². The first-order valence-corrected chi connectivity index (χ1v) is 10.5. The van der Waals surface area contributed by atoms with Crippen LogP contribution in [0.5, 0.6) is 0 Å². The average molecular weight is 407 g/mol. The lowest BCUT2D eigenvalue weighted by atomic mass is 10.1. The van der Waals surface area contributed by atoms with Crippen LogP contribution < -0.4 is 5.32 Å². The quantitative estimate of drug-likeness (QED) is 0.438. The maximum atomic E-state index is 12.8. The predicted octanol–water partition coefficient (Wildman–Crippen LogP) is 3.44. The van der Waals surface area contributed by atoms with Crippen LogP contribution in [0.15, 0.2) is 60.0 Å². The number of carbonyl (C=O) groups is 1. The van der Waals surface area contributed by atoms with Gasteiger partial charge in [0.25, 0.3) is 5.91 Å². The summed E-state index contributed by atoms with van der Waals surface area (Å²) in [5.74, 6) is 1.56. The van der Waals surface area contributed by atoms with Crippen molar-refractivity contribution in [2.24, 2.45) is 0 Å². The monoisotopic (exact) mass is 406 g/mol. The third-order valence-corrected chi connectivity index (χ3v) is 5.63. The van der Waals surface area contributed by atoms with Crippen molar-refractivity contribution in [2.45, 2.75) is 30.8 Å². The standard InChI is InChI=1S/C21H22N6OS/c1-2-27-18-10-6-5-9-17(18)25-19(27)11-12-22-20(28)16-8-4-3-7-15(16)13-29-21-23-14-24-26-21/h3-10,14H,2,11-13H2,1H3,(H,22,28)(H,23,24,26). The maximum Gasteiger partial charge on any atom is 0.251 e. The summed E-state index contributed by atoms with van der Waals surface area (Å²) in [6, 6.07) is 15.8. The number of H-pyrrole nitrogens is 1. The average Bonchev–Trinajstić information content (AvgIpc) is 3.39. The number of nitrogens with zero attached hydrogens (tertiary/aromatic N) is 4. The van der Waals surface area contributed by atoms with E-state index in [-0.39, 0.29) is 5.91 Å². The maximum absolute atomic E-state index is 12.8. The number of fused-ring (bicyclic) bond motifs is 1. The summed E-state index contributed by atoms with van der Waals surface area (Å²) in [4.78, 5) is 21.6. The lowest BCUT2D eigenvalue weighted by Crippen LogP contribution is -2.27. The lowest BCUT2D eigenvalue weighted by Gasteiger charge is -2.10. The largest absolute Gasteiger partial charge is 0.352 e. The van der Waals surface area contributed by atoms with Crippen molar-refractivity contribution in [1.29, 1.82) is 0 Å². The highest BCUT2D eigenvalue weighted by molar-refractivity contribution is 7.98. The van der Waals surface area contributed by atoms with Crippen LogP contribution in [0.4, 0.5) is 0 Å². The van der Waals surface area contributed by atoms with E-state index in [0.717, 1.165) is 34.1 Å². The van der Waals surface area contributed by atoms with Gasteiger partial charge in [0.15, 0.2) is 5.16 Å². The fourth-order valence-corrected chi connectivity index (χ4v) is 4.11. The molecule has 0 saturated heterocycles. The second kappa shape index (κ2) is 8.91. The van der Waals surface area contributed by atoms with Crippen molar-refractivity contribution in [3.05, 3.63) is 71.8 Å². The number of imidazole rings is 1. The van der Waals surface area contributed by atoms with Crippen molar-refractivity contribution in [3.63, 3.8) is 0 Å². The Labute approximate surface area is 173 Å². The van der Waals surface area contributed by atoms with Gasteiger partial charge in [-0.1, -0.05) is 42.1 Å². The Hall–Kier alpha value is -3.13. The second-order valence-corrected chi connectivity index (χ2v) is 7.47. The van der Waals surface area contributed by atoms with Gasteiger partial charge in [0.1, 0.15) is 12.2 Å². The first-order chi connectivity index (χ1) is 14.3. The van der Waals surface area contributed by atoms with Gasteiger partial charge in [-0.25, -0.2) is 9.97 Å². The summed E-state index contributed by atoms with van der Waals surface area (Å²) >= 11 is 1.52. The van der Waals surface area contributed by atoms with Crippen LogP contribution in [0.3, 0.4) is 0 Å². The van der Waals surface area contributed by atoms with Crippen LogP contribution in [-0.2, 0) is 18.7 Å². The molecule has 0 radical (unpaired) electrons. The van der Waals surface area contributed by atoms with E-state index in [1.807, 2.05) is 42.5 Å². The molecule has 29 heavy (non-hydrogen) atoms. The molecule has 148 valence electrons. The number of hydrogen-bond acceptors (Lipinski definition) is 5. The molecular formula is C21H22N6OS. The Morgan fingerprint density at radius 3 is 2.83 bits per heavy atom. The summed E-state index contributed by atoms with van der Waals surface area (Å²) in [6.45, 7) is 3.50. The molecule has 0 bridgehead atoms. The van der Waals surface area contributed by atoms with Gasteiger partial charge in [0.05, 0.1) is 11.0 Å². The number of nitrogens with one attached hydrogen (secondary N) is 2. The number of aromatic amines is 1. The molecule has 4 rings (SSSR count). The molecule has 0 unspecified atom stereocenters. The minimum Gasteiger partial charge on any atom is -0.352 e. The van der Waals surface area contributed by atoms with E-state index in [0.29, 0.717) is 24.3 Å². The first-order valence-electron chi connectivity index (χ1n) is 9.54. The SMILES string of the molecule is CCn1c(CCNC(=O)c2ccccc2CSc2ncn[nH]2)nc2ccccc21. The minimum atomic E-state index is -0.0714. The highest BCUT2D eigenvalue weighted by Gasteiger charge is 2.13. The molecule has 0 saturated carbocycles. The Morgan fingerprint density at radius 1 is 1.17 bits per heavy atom. The number of para-hydroxylation sites is 2. The molecule has 1 amide bonds. The smallest absolute Gasteiger partial charge is 0.251 e.